The first kappa shape index (κ1) is 19.6. The minimum absolute atomic E-state index is 0.0149. The maximum Gasteiger partial charge on any atom is 0.259 e. The number of fused-ring (bicyclic) bond motifs is 1. The summed E-state index contributed by atoms with van der Waals surface area (Å²) in [6.45, 7) is 9.51. The van der Waals surface area contributed by atoms with Crippen LogP contribution in [0.15, 0.2) is 9.95 Å². The number of aromatic amines is 1. The number of rotatable bonds is 8. The quantitative estimate of drug-likeness (QED) is 0.539. The first-order valence-electron chi connectivity index (χ1n) is 10.1. The number of hydrogen-bond donors (Lipinski definition) is 1. The van der Waals surface area contributed by atoms with E-state index in [1.54, 1.807) is 23.1 Å². The number of aryl methyl sites for hydroxylation is 1. The molecule has 0 aromatic carbocycles. The van der Waals surface area contributed by atoms with E-state index >= 15 is 0 Å². The van der Waals surface area contributed by atoms with Crippen LogP contribution in [0.1, 0.15) is 68.0 Å². The van der Waals surface area contributed by atoms with Crippen LogP contribution in [-0.4, -0.2) is 24.7 Å². The summed E-state index contributed by atoms with van der Waals surface area (Å²) in [4.78, 5) is 22.6. The summed E-state index contributed by atoms with van der Waals surface area (Å²) >= 11 is 3.23. The van der Waals surface area contributed by atoms with Crippen molar-refractivity contribution in [3.8, 4) is 0 Å². The molecule has 3 aromatic heterocycles. The van der Waals surface area contributed by atoms with Crippen molar-refractivity contribution in [3.63, 3.8) is 0 Å². The van der Waals surface area contributed by atoms with Gasteiger partial charge in [-0.2, -0.15) is 0 Å². The van der Waals surface area contributed by atoms with Crippen molar-refractivity contribution in [1.29, 1.82) is 0 Å². The van der Waals surface area contributed by atoms with Gasteiger partial charge in [-0.1, -0.05) is 32.0 Å². The minimum atomic E-state index is -0.0149. The number of hydrogen-bond acceptors (Lipinski definition) is 6. The molecule has 0 amide bonds. The molecule has 1 atom stereocenters. The molecule has 1 aliphatic carbocycles. The van der Waals surface area contributed by atoms with E-state index in [1.807, 2.05) is 0 Å². The number of nitrogens with one attached hydrogen (secondary N) is 1. The van der Waals surface area contributed by atoms with Gasteiger partial charge in [0.1, 0.15) is 16.5 Å². The lowest BCUT2D eigenvalue weighted by atomic mass is 9.98. The second-order valence-corrected chi connectivity index (χ2v) is 9.84. The maximum absolute atomic E-state index is 12.8. The van der Waals surface area contributed by atoms with E-state index < -0.39 is 0 Å². The topological polar surface area (TPSA) is 76.5 Å². The lowest BCUT2D eigenvalue weighted by molar-refractivity contribution is 0.561. The molecular weight excluding hydrogens is 390 g/mol. The van der Waals surface area contributed by atoms with Crippen LogP contribution in [0.2, 0.25) is 0 Å². The van der Waals surface area contributed by atoms with Gasteiger partial charge >= 0.3 is 0 Å². The first-order chi connectivity index (χ1) is 13.5. The molecule has 8 heteroatoms. The van der Waals surface area contributed by atoms with Gasteiger partial charge in [0.05, 0.1) is 11.1 Å². The molecule has 0 saturated heterocycles. The van der Waals surface area contributed by atoms with Crippen molar-refractivity contribution < 1.29 is 0 Å². The Kier molecular flexibility index (Phi) is 5.60. The predicted molar refractivity (Wildman–Crippen MR) is 115 cm³/mol. The summed E-state index contributed by atoms with van der Waals surface area (Å²) < 4.78 is 2.19. The van der Waals surface area contributed by atoms with Crippen molar-refractivity contribution in [2.45, 2.75) is 76.8 Å². The van der Waals surface area contributed by atoms with Crippen LogP contribution in [0, 0.1) is 12.8 Å². The maximum atomic E-state index is 12.8. The van der Waals surface area contributed by atoms with Gasteiger partial charge in [0.15, 0.2) is 5.16 Å². The third kappa shape index (κ3) is 3.76. The molecule has 1 fully saturated rings. The summed E-state index contributed by atoms with van der Waals surface area (Å²) in [5.74, 6) is 3.54. The molecular formula is C20H27N5OS2. The van der Waals surface area contributed by atoms with Gasteiger partial charge < -0.3 is 9.55 Å². The van der Waals surface area contributed by atoms with E-state index in [-0.39, 0.29) is 5.56 Å². The third-order valence-electron chi connectivity index (χ3n) is 5.50. The monoisotopic (exact) mass is 417 g/mol. The molecule has 150 valence electrons. The highest BCUT2D eigenvalue weighted by Gasteiger charge is 2.30. The number of thioether (sulfide) groups is 1. The number of H-pyrrole nitrogens is 1. The third-order valence-corrected chi connectivity index (χ3v) is 7.52. The summed E-state index contributed by atoms with van der Waals surface area (Å²) in [6.07, 6.45) is 4.47. The average Bonchev–Trinajstić information content (AvgIpc) is 3.36. The van der Waals surface area contributed by atoms with Crippen molar-refractivity contribution in [2.75, 3.05) is 0 Å². The molecule has 0 bridgehead atoms. The standard InChI is InChI=1S/C20H27N5OS2/c1-5-11(3)9-14-12(4)28-19-16(14)18(26)21-15(22-19)10-27-20-24-23-17(13-7-8-13)25(20)6-2/h11,13H,5-10H2,1-4H3,(H,21,22,26). The van der Waals surface area contributed by atoms with Gasteiger partial charge in [0.25, 0.3) is 5.56 Å². The molecule has 28 heavy (non-hydrogen) atoms. The summed E-state index contributed by atoms with van der Waals surface area (Å²) in [6, 6.07) is 0. The Morgan fingerprint density at radius 3 is 2.79 bits per heavy atom. The fourth-order valence-corrected chi connectivity index (χ4v) is 5.46. The van der Waals surface area contributed by atoms with Crippen LogP contribution in [-0.2, 0) is 18.7 Å². The lowest BCUT2D eigenvalue weighted by Gasteiger charge is -2.08. The van der Waals surface area contributed by atoms with Gasteiger partial charge in [-0.3, -0.25) is 4.79 Å². The fraction of sp³-hybridized carbons (Fsp3) is 0.600. The lowest BCUT2D eigenvalue weighted by Crippen LogP contribution is -2.12. The van der Waals surface area contributed by atoms with Gasteiger partial charge in [0, 0.05) is 17.3 Å². The van der Waals surface area contributed by atoms with E-state index in [9.17, 15) is 4.79 Å². The molecule has 4 rings (SSSR count). The van der Waals surface area contributed by atoms with E-state index in [2.05, 4.69) is 47.4 Å². The fourth-order valence-electron chi connectivity index (χ4n) is 3.51. The van der Waals surface area contributed by atoms with Crippen molar-refractivity contribution in [3.05, 3.63) is 32.4 Å². The summed E-state index contributed by atoms with van der Waals surface area (Å²) in [5, 5.41) is 10.4. The van der Waals surface area contributed by atoms with Crippen molar-refractivity contribution >= 4 is 33.3 Å². The Morgan fingerprint density at radius 1 is 1.32 bits per heavy atom. The van der Waals surface area contributed by atoms with Crippen LogP contribution < -0.4 is 5.56 Å². The summed E-state index contributed by atoms with van der Waals surface area (Å²) in [5.41, 5.74) is 1.15. The Morgan fingerprint density at radius 2 is 2.11 bits per heavy atom. The zero-order valence-electron chi connectivity index (χ0n) is 16.9. The second-order valence-electron chi connectivity index (χ2n) is 7.70. The number of nitrogens with zero attached hydrogens (tertiary/aromatic N) is 4. The SMILES string of the molecule is CCC(C)Cc1c(C)sc2nc(CSc3nnc(C4CC4)n3CC)[nH]c(=O)c12. The van der Waals surface area contributed by atoms with Crippen molar-refractivity contribution in [1.82, 2.24) is 24.7 Å². The average molecular weight is 418 g/mol. The Bertz CT molecular complexity index is 1050. The minimum Gasteiger partial charge on any atom is -0.309 e. The van der Waals surface area contributed by atoms with Gasteiger partial charge in [-0.05, 0) is 44.6 Å². The van der Waals surface area contributed by atoms with Crippen LogP contribution in [0.5, 0.6) is 0 Å². The van der Waals surface area contributed by atoms with Crippen LogP contribution >= 0.6 is 23.1 Å². The Hall–Kier alpha value is -1.67. The molecule has 1 aliphatic rings. The predicted octanol–water partition coefficient (Wildman–Crippen LogP) is 4.66. The van der Waals surface area contributed by atoms with E-state index in [0.29, 0.717) is 23.4 Å². The molecule has 6 nitrogen and oxygen atoms in total. The smallest absolute Gasteiger partial charge is 0.259 e. The van der Waals surface area contributed by atoms with E-state index in [0.717, 1.165) is 40.6 Å². The van der Waals surface area contributed by atoms with Crippen LogP contribution in [0.4, 0.5) is 0 Å². The van der Waals surface area contributed by atoms with Crippen LogP contribution in [0.3, 0.4) is 0 Å². The largest absolute Gasteiger partial charge is 0.309 e. The Balaban J connectivity index is 1.58. The highest BCUT2D eigenvalue weighted by molar-refractivity contribution is 7.98. The molecule has 1 N–H and O–H groups in total. The van der Waals surface area contributed by atoms with Crippen molar-refractivity contribution in [2.24, 2.45) is 5.92 Å². The zero-order valence-corrected chi connectivity index (χ0v) is 18.5. The normalized spacial score (nSPS) is 15.4. The van der Waals surface area contributed by atoms with Crippen LogP contribution in [0.25, 0.3) is 10.2 Å². The second kappa shape index (κ2) is 7.99. The van der Waals surface area contributed by atoms with Gasteiger partial charge in [-0.15, -0.1) is 21.5 Å². The number of aromatic nitrogens is 5. The molecule has 3 heterocycles. The first-order valence-corrected chi connectivity index (χ1v) is 11.9. The van der Waals surface area contributed by atoms with Gasteiger partial charge in [0.2, 0.25) is 0 Å². The highest BCUT2D eigenvalue weighted by atomic mass is 32.2. The Labute approximate surface area is 173 Å². The molecule has 3 aromatic rings. The number of thiophene rings is 1. The molecule has 0 radical (unpaired) electrons. The zero-order chi connectivity index (χ0) is 19.8. The van der Waals surface area contributed by atoms with Gasteiger partial charge in [-0.25, -0.2) is 4.98 Å². The summed E-state index contributed by atoms with van der Waals surface area (Å²) in [7, 11) is 0. The molecule has 0 aliphatic heterocycles. The molecule has 1 unspecified atom stereocenters. The van der Waals surface area contributed by atoms with E-state index in [1.165, 1.54) is 23.3 Å². The van der Waals surface area contributed by atoms with E-state index in [4.69, 9.17) is 4.98 Å². The molecule has 1 saturated carbocycles. The highest BCUT2D eigenvalue weighted by Crippen LogP contribution is 2.40. The molecule has 0 spiro atoms.